The molecular weight excluding hydrogens is 472 g/mol. The summed E-state index contributed by atoms with van der Waals surface area (Å²) in [4.78, 5) is 16.3. The predicted octanol–water partition coefficient (Wildman–Crippen LogP) is 4.55. The Hall–Kier alpha value is -2.84. The zero-order chi connectivity index (χ0) is 22.8. The van der Waals surface area contributed by atoms with E-state index >= 15 is 0 Å². The lowest BCUT2D eigenvalue weighted by molar-refractivity contribution is -0.118. The number of nitrogens with zero attached hydrogens (tertiary/aromatic N) is 2. The molecule has 3 aromatic rings. The Morgan fingerprint density at radius 1 is 1.16 bits per heavy atom. The van der Waals surface area contributed by atoms with Gasteiger partial charge in [0.15, 0.2) is 18.1 Å². The van der Waals surface area contributed by atoms with E-state index in [1.165, 1.54) is 0 Å². The highest BCUT2D eigenvalue weighted by Gasteiger charge is 2.13. The summed E-state index contributed by atoms with van der Waals surface area (Å²) in [7, 11) is 0. The van der Waals surface area contributed by atoms with Gasteiger partial charge in [0, 0.05) is 35.6 Å². The normalized spacial score (nSPS) is 10.7. The third-order valence-corrected chi connectivity index (χ3v) is 5.49. The van der Waals surface area contributed by atoms with Crippen molar-refractivity contribution in [1.82, 2.24) is 14.9 Å². The summed E-state index contributed by atoms with van der Waals surface area (Å²) in [5.41, 5.74) is 2.94. The van der Waals surface area contributed by atoms with E-state index in [4.69, 9.17) is 9.47 Å². The molecule has 170 valence electrons. The number of aryl methyl sites for hydroxylation is 2. The summed E-state index contributed by atoms with van der Waals surface area (Å²) < 4.78 is 14.5. The van der Waals surface area contributed by atoms with Gasteiger partial charge in [-0.05, 0) is 56.6 Å². The first-order valence-electron chi connectivity index (χ1n) is 10.7. The van der Waals surface area contributed by atoms with Gasteiger partial charge in [0.1, 0.15) is 0 Å². The van der Waals surface area contributed by atoms with Crippen LogP contribution in [0.1, 0.15) is 24.5 Å². The Kier molecular flexibility index (Phi) is 9.13. The first-order valence-corrected chi connectivity index (χ1v) is 11.5. The average Bonchev–Trinajstić information content (AvgIpc) is 3.29. The van der Waals surface area contributed by atoms with Gasteiger partial charge in [-0.25, -0.2) is 4.98 Å². The van der Waals surface area contributed by atoms with E-state index in [0.717, 1.165) is 40.8 Å². The van der Waals surface area contributed by atoms with Crippen LogP contribution in [0.25, 0.3) is 0 Å². The maximum absolute atomic E-state index is 12.3. The molecule has 0 aliphatic carbocycles. The molecule has 3 rings (SSSR count). The molecular formula is C24H29BrN4O3. The van der Waals surface area contributed by atoms with Crippen LogP contribution in [0.4, 0.5) is 5.69 Å². The number of rotatable bonds is 12. The number of carbonyl (C=O) groups is 1. The number of amides is 1. The number of benzene rings is 2. The third kappa shape index (κ3) is 7.39. The molecule has 0 spiro atoms. The van der Waals surface area contributed by atoms with Crippen molar-refractivity contribution in [3.05, 3.63) is 70.7 Å². The minimum absolute atomic E-state index is 0.105. The van der Waals surface area contributed by atoms with Crippen molar-refractivity contribution in [2.24, 2.45) is 0 Å². The van der Waals surface area contributed by atoms with E-state index in [-0.39, 0.29) is 12.5 Å². The third-order valence-electron chi connectivity index (χ3n) is 4.75. The predicted molar refractivity (Wildman–Crippen MR) is 129 cm³/mol. The number of hydrogen-bond acceptors (Lipinski definition) is 5. The highest BCUT2D eigenvalue weighted by atomic mass is 79.9. The number of ether oxygens (including phenoxy) is 2. The van der Waals surface area contributed by atoms with Gasteiger partial charge in [-0.15, -0.1) is 0 Å². The lowest BCUT2D eigenvalue weighted by Gasteiger charge is -2.15. The molecule has 7 nitrogen and oxygen atoms in total. The summed E-state index contributed by atoms with van der Waals surface area (Å²) in [5.74, 6) is 0.923. The number of hydrogen-bond donors (Lipinski definition) is 2. The highest BCUT2D eigenvalue weighted by Crippen LogP contribution is 2.34. The Bertz CT molecular complexity index is 991. The Morgan fingerprint density at radius 3 is 2.66 bits per heavy atom. The number of carbonyl (C=O) groups excluding carboxylic acids is 1. The van der Waals surface area contributed by atoms with E-state index < -0.39 is 0 Å². The molecule has 0 radical (unpaired) electrons. The molecule has 1 amide bonds. The van der Waals surface area contributed by atoms with Crippen molar-refractivity contribution in [1.29, 1.82) is 0 Å². The Morgan fingerprint density at radius 2 is 1.94 bits per heavy atom. The minimum atomic E-state index is -0.226. The summed E-state index contributed by atoms with van der Waals surface area (Å²) in [6.45, 7) is 6.82. The van der Waals surface area contributed by atoms with Crippen LogP contribution < -0.4 is 20.1 Å². The quantitative estimate of drug-likeness (QED) is 0.356. The van der Waals surface area contributed by atoms with Crippen molar-refractivity contribution in [2.45, 2.75) is 33.4 Å². The van der Waals surface area contributed by atoms with Gasteiger partial charge in [0.25, 0.3) is 5.91 Å². The van der Waals surface area contributed by atoms with Crippen molar-refractivity contribution < 1.29 is 14.3 Å². The van der Waals surface area contributed by atoms with Crippen LogP contribution in [-0.4, -0.2) is 35.2 Å². The molecule has 0 aliphatic rings. The lowest BCUT2D eigenvalue weighted by Crippen LogP contribution is -2.20. The SMILES string of the molecule is CCOc1cc(CNCCCn2ccnc2)c(Br)cc1OCC(=O)Nc1ccc(C)cc1. The monoisotopic (exact) mass is 500 g/mol. The Labute approximate surface area is 197 Å². The lowest BCUT2D eigenvalue weighted by atomic mass is 10.2. The summed E-state index contributed by atoms with van der Waals surface area (Å²) in [5, 5.41) is 6.29. The molecule has 2 N–H and O–H groups in total. The van der Waals surface area contributed by atoms with E-state index in [1.54, 1.807) is 6.20 Å². The smallest absolute Gasteiger partial charge is 0.262 e. The second-order valence-electron chi connectivity index (χ2n) is 7.36. The van der Waals surface area contributed by atoms with E-state index in [0.29, 0.717) is 24.7 Å². The molecule has 0 fully saturated rings. The summed E-state index contributed by atoms with van der Waals surface area (Å²) >= 11 is 3.61. The molecule has 2 aromatic carbocycles. The molecule has 1 heterocycles. The van der Waals surface area contributed by atoms with Crippen molar-refractivity contribution >= 4 is 27.5 Å². The minimum Gasteiger partial charge on any atom is -0.490 e. The fraction of sp³-hybridized carbons (Fsp3) is 0.333. The second-order valence-corrected chi connectivity index (χ2v) is 8.21. The maximum Gasteiger partial charge on any atom is 0.262 e. The molecule has 32 heavy (non-hydrogen) atoms. The van der Waals surface area contributed by atoms with E-state index in [9.17, 15) is 4.79 Å². The van der Waals surface area contributed by atoms with Gasteiger partial charge in [-0.3, -0.25) is 4.79 Å². The van der Waals surface area contributed by atoms with Crippen LogP contribution in [0.15, 0.2) is 59.6 Å². The topological polar surface area (TPSA) is 77.4 Å². The molecule has 0 saturated carbocycles. The zero-order valence-electron chi connectivity index (χ0n) is 18.4. The first-order chi connectivity index (χ1) is 15.5. The van der Waals surface area contributed by atoms with Crippen LogP contribution in [0.2, 0.25) is 0 Å². The van der Waals surface area contributed by atoms with Crippen LogP contribution >= 0.6 is 15.9 Å². The average molecular weight is 501 g/mol. The number of anilines is 1. The van der Waals surface area contributed by atoms with Crippen LogP contribution in [0, 0.1) is 6.92 Å². The van der Waals surface area contributed by atoms with E-state index in [1.807, 2.05) is 62.8 Å². The van der Waals surface area contributed by atoms with Crippen molar-refractivity contribution in [2.75, 3.05) is 25.1 Å². The van der Waals surface area contributed by atoms with Gasteiger partial charge in [-0.1, -0.05) is 33.6 Å². The number of halogens is 1. The van der Waals surface area contributed by atoms with Crippen molar-refractivity contribution in [3.63, 3.8) is 0 Å². The highest BCUT2D eigenvalue weighted by molar-refractivity contribution is 9.10. The first kappa shape index (κ1) is 23.8. The number of imidazole rings is 1. The Balaban J connectivity index is 1.53. The van der Waals surface area contributed by atoms with Gasteiger partial charge in [-0.2, -0.15) is 0 Å². The van der Waals surface area contributed by atoms with E-state index in [2.05, 4.69) is 36.1 Å². The number of aromatic nitrogens is 2. The second kappa shape index (κ2) is 12.3. The molecule has 8 heteroatoms. The van der Waals surface area contributed by atoms with Crippen LogP contribution in [0.3, 0.4) is 0 Å². The van der Waals surface area contributed by atoms with Crippen LogP contribution in [-0.2, 0) is 17.9 Å². The van der Waals surface area contributed by atoms with Crippen LogP contribution in [0.5, 0.6) is 11.5 Å². The molecule has 0 unspecified atom stereocenters. The fourth-order valence-corrected chi connectivity index (χ4v) is 3.56. The standard InChI is InChI=1S/C24H29BrN4O3/c1-3-31-22-13-19(15-26-9-4-11-29-12-10-27-17-29)21(25)14-23(22)32-16-24(30)28-20-7-5-18(2)6-8-20/h5-8,10,12-14,17,26H,3-4,9,11,15-16H2,1-2H3,(H,28,30). The largest absolute Gasteiger partial charge is 0.490 e. The maximum atomic E-state index is 12.3. The van der Waals surface area contributed by atoms with Gasteiger partial charge in [0.05, 0.1) is 12.9 Å². The zero-order valence-corrected chi connectivity index (χ0v) is 20.0. The summed E-state index contributed by atoms with van der Waals surface area (Å²) in [6, 6.07) is 11.4. The molecule has 0 aliphatic heterocycles. The molecule has 0 saturated heterocycles. The van der Waals surface area contributed by atoms with Crippen molar-refractivity contribution in [3.8, 4) is 11.5 Å². The van der Waals surface area contributed by atoms with Gasteiger partial charge in [0.2, 0.25) is 0 Å². The van der Waals surface area contributed by atoms with Gasteiger partial charge >= 0.3 is 0 Å². The summed E-state index contributed by atoms with van der Waals surface area (Å²) in [6.07, 6.45) is 6.58. The molecule has 0 atom stereocenters. The molecule has 0 bridgehead atoms. The van der Waals surface area contributed by atoms with Gasteiger partial charge < -0.3 is 24.7 Å². The fourth-order valence-electron chi connectivity index (χ4n) is 3.10. The number of nitrogens with one attached hydrogen (secondary N) is 2. The molecule has 1 aromatic heterocycles.